The second-order valence-electron chi connectivity index (χ2n) is 6.06. The van der Waals surface area contributed by atoms with E-state index in [0.29, 0.717) is 34.1 Å². The third-order valence-electron chi connectivity index (χ3n) is 4.08. The Morgan fingerprint density at radius 3 is 2.27 bits per heavy atom. The fraction of sp³-hybridized carbons (Fsp3) is 0.381. The van der Waals surface area contributed by atoms with Gasteiger partial charge in [-0.25, -0.2) is 9.79 Å². The summed E-state index contributed by atoms with van der Waals surface area (Å²) >= 11 is 1.01. The Bertz CT molecular complexity index is 918. The van der Waals surface area contributed by atoms with Gasteiger partial charge in [-0.3, -0.25) is 4.79 Å². The number of aliphatic imine (C=N–C) groups is 1. The molecular formula is C21H25NO7S. The van der Waals surface area contributed by atoms with Crippen LogP contribution in [0.15, 0.2) is 33.4 Å². The topological polar surface area (TPSA) is 104 Å². The van der Waals surface area contributed by atoms with E-state index in [-0.39, 0.29) is 35.3 Å². The van der Waals surface area contributed by atoms with Gasteiger partial charge in [-0.05, 0) is 25.5 Å². The van der Waals surface area contributed by atoms with E-state index in [0.717, 1.165) is 11.8 Å². The molecule has 0 bridgehead atoms. The van der Waals surface area contributed by atoms with E-state index in [1.165, 1.54) is 21.3 Å². The molecule has 1 aliphatic rings. The molecule has 1 heterocycles. The Hall–Kier alpha value is -2.94. The van der Waals surface area contributed by atoms with E-state index in [1.54, 1.807) is 25.1 Å². The lowest BCUT2D eigenvalue weighted by Crippen LogP contribution is -2.14. The van der Waals surface area contributed by atoms with Gasteiger partial charge in [0, 0.05) is 18.1 Å². The van der Waals surface area contributed by atoms with Crippen molar-refractivity contribution < 1.29 is 33.6 Å². The average molecular weight is 435 g/mol. The highest BCUT2D eigenvalue weighted by Gasteiger charge is 2.34. The molecule has 0 atom stereocenters. The molecule has 0 saturated heterocycles. The lowest BCUT2D eigenvalue weighted by atomic mass is 10.1. The summed E-state index contributed by atoms with van der Waals surface area (Å²) in [5.74, 6) is -0.00555. The molecule has 1 aromatic carbocycles. The first-order valence-corrected chi connectivity index (χ1v) is 10.1. The number of ether oxygens (including phenoxy) is 4. The van der Waals surface area contributed by atoms with Gasteiger partial charge in [0.1, 0.15) is 22.1 Å². The van der Waals surface area contributed by atoms with Crippen LogP contribution in [0.5, 0.6) is 17.2 Å². The Labute approximate surface area is 179 Å². The Balaban J connectivity index is 2.57. The van der Waals surface area contributed by atoms with Crippen LogP contribution in [-0.2, 0) is 14.3 Å². The maximum Gasteiger partial charge on any atom is 0.344 e. The maximum absolute atomic E-state index is 12.4. The van der Waals surface area contributed by atoms with E-state index < -0.39 is 5.97 Å². The van der Waals surface area contributed by atoms with E-state index in [4.69, 9.17) is 18.9 Å². The highest BCUT2D eigenvalue weighted by molar-refractivity contribution is 8.18. The summed E-state index contributed by atoms with van der Waals surface area (Å²) in [5, 5.41) is 10.8. The smallest absolute Gasteiger partial charge is 0.344 e. The number of hydrogen-bond donors (Lipinski definition) is 1. The van der Waals surface area contributed by atoms with Crippen molar-refractivity contribution in [3.8, 4) is 17.2 Å². The first-order valence-electron chi connectivity index (χ1n) is 9.32. The van der Waals surface area contributed by atoms with Crippen LogP contribution in [0.3, 0.4) is 0 Å². The zero-order chi connectivity index (χ0) is 22.3. The van der Waals surface area contributed by atoms with Crippen molar-refractivity contribution in [3.05, 3.63) is 33.9 Å². The Morgan fingerprint density at radius 2 is 1.70 bits per heavy atom. The minimum absolute atomic E-state index is 0.107. The number of aliphatic hydroxyl groups excluding tert-OH is 1. The molecule has 0 unspecified atom stereocenters. The summed E-state index contributed by atoms with van der Waals surface area (Å²) in [4.78, 5) is 28.7. The molecule has 162 valence electrons. The van der Waals surface area contributed by atoms with Crippen LogP contribution in [0.4, 0.5) is 0 Å². The number of carbonyl (C=O) groups is 2. The molecule has 0 aliphatic carbocycles. The number of amides is 1. The molecule has 30 heavy (non-hydrogen) atoms. The molecule has 0 spiro atoms. The lowest BCUT2D eigenvalue weighted by molar-refractivity contribution is -0.138. The minimum atomic E-state index is -0.742. The van der Waals surface area contributed by atoms with E-state index >= 15 is 0 Å². The maximum atomic E-state index is 12.4. The van der Waals surface area contributed by atoms with Crippen molar-refractivity contribution >= 4 is 34.8 Å². The number of hydrogen-bond acceptors (Lipinski definition) is 8. The fourth-order valence-corrected chi connectivity index (χ4v) is 3.70. The highest BCUT2D eigenvalue weighted by Crippen LogP contribution is 2.42. The number of esters is 1. The highest BCUT2D eigenvalue weighted by atomic mass is 32.2. The van der Waals surface area contributed by atoms with Crippen LogP contribution < -0.4 is 14.2 Å². The molecule has 0 saturated carbocycles. The van der Waals surface area contributed by atoms with Gasteiger partial charge < -0.3 is 24.1 Å². The zero-order valence-electron chi connectivity index (χ0n) is 17.6. The molecule has 1 N–H and O–H groups in total. The van der Waals surface area contributed by atoms with Crippen LogP contribution in [-0.4, -0.2) is 50.0 Å². The SMILES string of the molecule is CCCC(=O)N=C1S/C(=C\c2cc(OC)c(OC)cc2OC)C(O)=C1C(=O)OCC. The minimum Gasteiger partial charge on any atom is -0.506 e. The number of benzene rings is 1. The molecule has 2 rings (SSSR count). The van der Waals surface area contributed by atoms with Gasteiger partial charge in [-0.15, -0.1) is 0 Å². The van der Waals surface area contributed by atoms with Gasteiger partial charge in [0.2, 0.25) is 5.91 Å². The van der Waals surface area contributed by atoms with E-state index in [2.05, 4.69) is 4.99 Å². The molecule has 0 radical (unpaired) electrons. The van der Waals surface area contributed by atoms with Gasteiger partial charge in [0.25, 0.3) is 0 Å². The van der Waals surface area contributed by atoms with Crippen LogP contribution in [0.1, 0.15) is 32.3 Å². The van der Waals surface area contributed by atoms with Crippen molar-refractivity contribution in [2.24, 2.45) is 4.99 Å². The number of aliphatic hydroxyl groups is 1. The molecule has 1 aromatic rings. The van der Waals surface area contributed by atoms with Crippen LogP contribution in [0.2, 0.25) is 0 Å². The first-order chi connectivity index (χ1) is 14.4. The number of thioether (sulfide) groups is 1. The third-order valence-corrected chi connectivity index (χ3v) is 5.10. The second kappa shape index (κ2) is 10.7. The predicted molar refractivity (Wildman–Crippen MR) is 115 cm³/mol. The summed E-state index contributed by atoms with van der Waals surface area (Å²) in [5.41, 5.74) is 0.450. The molecule has 1 amide bonds. The zero-order valence-corrected chi connectivity index (χ0v) is 18.4. The van der Waals surface area contributed by atoms with E-state index in [9.17, 15) is 14.7 Å². The average Bonchev–Trinajstić information content (AvgIpc) is 3.02. The van der Waals surface area contributed by atoms with Crippen molar-refractivity contribution in [1.29, 1.82) is 0 Å². The number of rotatable bonds is 8. The van der Waals surface area contributed by atoms with Crippen molar-refractivity contribution in [2.45, 2.75) is 26.7 Å². The molecule has 9 heteroatoms. The van der Waals surface area contributed by atoms with Crippen LogP contribution >= 0.6 is 11.8 Å². The summed E-state index contributed by atoms with van der Waals surface area (Å²) in [6.45, 7) is 3.63. The first kappa shape index (κ1) is 23.3. The molecular weight excluding hydrogens is 410 g/mol. The monoisotopic (exact) mass is 435 g/mol. The third kappa shape index (κ3) is 5.15. The van der Waals surface area contributed by atoms with Crippen molar-refractivity contribution in [3.63, 3.8) is 0 Å². The fourth-order valence-electron chi connectivity index (χ4n) is 2.68. The summed E-state index contributed by atoms with van der Waals surface area (Å²) in [6.07, 6.45) is 2.48. The molecule has 0 aromatic heterocycles. The molecule has 8 nitrogen and oxygen atoms in total. The summed E-state index contributed by atoms with van der Waals surface area (Å²) in [7, 11) is 4.52. The van der Waals surface area contributed by atoms with Gasteiger partial charge >= 0.3 is 5.97 Å². The van der Waals surface area contributed by atoms with E-state index in [1.807, 2.05) is 6.92 Å². The quantitative estimate of drug-likeness (QED) is 0.613. The second-order valence-corrected chi connectivity index (χ2v) is 7.10. The van der Waals surface area contributed by atoms with Crippen LogP contribution in [0.25, 0.3) is 6.08 Å². The Kier molecular flexibility index (Phi) is 8.35. The number of carbonyl (C=O) groups excluding carboxylic acids is 2. The van der Waals surface area contributed by atoms with Crippen LogP contribution in [0, 0.1) is 0 Å². The lowest BCUT2D eigenvalue weighted by Gasteiger charge is -2.12. The summed E-state index contributed by atoms with van der Waals surface area (Å²) in [6, 6.07) is 3.33. The van der Waals surface area contributed by atoms with Crippen molar-refractivity contribution in [1.82, 2.24) is 0 Å². The summed E-state index contributed by atoms with van der Waals surface area (Å²) < 4.78 is 21.0. The van der Waals surface area contributed by atoms with Crippen molar-refractivity contribution in [2.75, 3.05) is 27.9 Å². The Morgan fingerprint density at radius 1 is 1.07 bits per heavy atom. The van der Waals surface area contributed by atoms with Gasteiger partial charge in [0.15, 0.2) is 11.5 Å². The molecule has 1 aliphatic heterocycles. The predicted octanol–water partition coefficient (Wildman–Crippen LogP) is 3.90. The normalized spacial score (nSPS) is 16.2. The number of methoxy groups -OCH3 is 3. The molecule has 0 fully saturated rings. The van der Waals surface area contributed by atoms with Gasteiger partial charge in [-0.2, -0.15) is 0 Å². The van der Waals surface area contributed by atoms with Gasteiger partial charge in [-0.1, -0.05) is 18.7 Å². The largest absolute Gasteiger partial charge is 0.506 e. The number of nitrogens with zero attached hydrogens (tertiary/aromatic N) is 1. The standard InChI is InChI=1S/C21H25NO7S/c1-6-8-17(23)22-20-18(21(25)29-7-2)19(24)16(30-20)10-12-9-14(27-4)15(28-5)11-13(12)26-3/h9-11,24H,6-8H2,1-5H3/b16-10-,22-20?. The van der Waals surface area contributed by atoms with Gasteiger partial charge in [0.05, 0.1) is 32.8 Å².